The van der Waals surface area contributed by atoms with Crippen molar-refractivity contribution in [1.29, 1.82) is 0 Å². The molecule has 2 aliphatic rings. The third-order valence-electron chi connectivity index (χ3n) is 6.99. The zero-order valence-corrected chi connectivity index (χ0v) is 19.3. The Balaban J connectivity index is 1.76. The highest BCUT2D eigenvalue weighted by Crippen LogP contribution is 2.54. The average molecular weight is 473 g/mol. The molecule has 33 heavy (non-hydrogen) atoms. The van der Waals surface area contributed by atoms with Crippen LogP contribution in [-0.4, -0.2) is 48.7 Å². The van der Waals surface area contributed by atoms with E-state index in [4.69, 9.17) is 4.74 Å². The van der Waals surface area contributed by atoms with Crippen molar-refractivity contribution in [2.24, 2.45) is 17.3 Å². The van der Waals surface area contributed by atoms with Crippen LogP contribution < -0.4 is 5.32 Å². The fourth-order valence-corrected chi connectivity index (χ4v) is 4.56. The van der Waals surface area contributed by atoms with Gasteiger partial charge in [-0.2, -0.15) is 13.2 Å². The number of likely N-dealkylation sites (tertiary alicyclic amines) is 1. The van der Waals surface area contributed by atoms with Crippen molar-refractivity contribution in [3.05, 3.63) is 29.6 Å². The molecule has 3 atom stereocenters. The molecule has 1 saturated carbocycles. The second-order valence-electron chi connectivity index (χ2n) is 9.47. The van der Waals surface area contributed by atoms with E-state index >= 15 is 0 Å². The van der Waals surface area contributed by atoms with Gasteiger partial charge in [0.25, 0.3) is 0 Å². The number of carbonyl (C=O) groups is 2. The van der Waals surface area contributed by atoms with Gasteiger partial charge in [0.1, 0.15) is 11.9 Å². The molecule has 184 valence electrons. The Kier molecular flexibility index (Phi) is 7.71. The number of hydrogen-bond acceptors (Lipinski definition) is 4. The van der Waals surface area contributed by atoms with Crippen LogP contribution >= 0.6 is 0 Å². The Morgan fingerprint density at radius 2 is 1.79 bits per heavy atom. The summed E-state index contributed by atoms with van der Waals surface area (Å²) in [6.45, 7) is 5.44. The molecule has 1 aliphatic carbocycles. The lowest BCUT2D eigenvalue weighted by molar-refractivity contribution is -0.189. The van der Waals surface area contributed by atoms with Crippen LogP contribution in [0.5, 0.6) is 0 Å². The molecule has 1 spiro atoms. The van der Waals surface area contributed by atoms with Gasteiger partial charge in [0, 0.05) is 0 Å². The maximum absolute atomic E-state index is 14.5. The van der Waals surface area contributed by atoms with Gasteiger partial charge in [-0.15, -0.1) is 0 Å². The van der Waals surface area contributed by atoms with Gasteiger partial charge in [-0.1, -0.05) is 19.9 Å². The molecule has 3 rings (SSSR count). The van der Waals surface area contributed by atoms with Crippen LogP contribution in [0.25, 0.3) is 0 Å². The number of halogens is 4. The molecular weight excluding hydrogens is 440 g/mol. The maximum Gasteiger partial charge on any atom is 0.393 e. The van der Waals surface area contributed by atoms with Crippen molar-refractivity contribution in [3.63, 3.8) is 0 Å². The zero-order chi connectivity index (χ0) is 24.4. The molecule has 9 heteroatoms. The number of piperidine rings is 1. The van der Waals surface area contributed by atoms with Crippen LogP contribution in [0.2, 0.25) is 0 Å². The highest BCUT2D eigenvalue weighted by atomic mass is 19.4. The highest BCUT2D eigenvalue weighted by Gasteiger charge is 2.50. The summed E-state index contributed by atoms with van der Waals surface area (Å²) < 4.78 is 60.3. The Morgan fingerprint density at radius 1 is 1.15 bits per heavy atom. The minimum atomic E-state index is -4.56. The normalized spacial score (nSPS) is 20.7. The molecule has 0 radical (unpaired) electrons. The number of nitrogens with one attached hydrogen (secondary N) is 1. The molecule has 1 N–H and O–H groups in total. The van der Waals surface area contributed by atoms with Crippen molar-refractivity contribution >= 4 is 17.6 Å². The van der Waals surface area contributed by atoms with Crippen LogP contribution in [0.4, 0.5) is 23.2 Å². The summed E-state index contributed by atoms with van der Waals surface area (Å²) in [7, 11) is 0. The summed E-state index contributed by atoms with van der Waals surface area (Å²) in [5.74, 6) is -4.41. The largest absolute Gasteiger partial charge is 0.466 e. The zero-order valence-electron chi connectivity index (χ0n) is 19.3. The number of anilines is 1. The standard InChI is InChI=1S/C24H32F4N2O3/c1-4-33-22(32)15(2)13-17-5-6-18(25)19(14-17)29-21(31)20(16(3)24(26,27)28)30-11-9-23(7-8-23)10-12-30/h5-6,14-16,20H,4,7-13H2,1-3H3,(H,29,31)/t15-,16+,20+/m0/s1. The Labute approximate surface area is 191 Å². The molecule has 5 nitrogen and oxygen atoms in total. The molecule has 1 saturated heterocycles. The van der Waals surface area contributed by atoms with Gasteiger partial charge in [0.05, 0.1) is 24.1 Å². The first-order valence-corrected chi connectivity index (χ1v) is 11.5. The first kappa shape index (κ1) is 25.5. The minimum absolute atomic E-state index is 0.191. The molecule has 2 fully saturated rings. The lowest BCUT2D eigenvalue weighted by Gasteiger charge is -2.40. The number of ether oxygens (including phenoxy) is 1. The molecule has 1 amide bonds. The maximum atomic E-state index is 14.5. The van der Waals surface area contributed by atoms with E-state index in [1.807, 2.05) is 0 Å². The summed E-state index contributed by atoms with van der Waals surface area (Å²) in [6, 6.07) is 2.55. The van der Waals surface area contributed by atoms with Gasteiger partial charge in [0.15, 0.2) is 0 Å². The van der Waals surface area contributed by atoms with Crippen molar-refractivity contribution < 1.29 is 31.9 Å². The predicted molar refractivity (Wildman–Crippen MR) is 116 cm³/mol. The van der Waals surface area contributed by atoms with Gasteiger partial charge >= 0.3 is 12.1 Å². The third kappa shape index (κ3) is 6.25. The monoisotopic (exact) mass is 472 g/mol. The Bertz CT molecular complexity index is 860. The minimum Gasteiger partial charge on any atom is -0.466 e. The van der Waals surface area contributed by atoms with Crippen molar-refractivity contribution in [2.45, 2.75) is 65.1 Å². The summed E-state index contributed by atoms with van der Waals surface area (Å²) in [6.07, 6.45) is -0.581. The molecule has 0 aromatic heterocycles. The topological polar surface area (TPSA) is 58.6 Å². The highest BCUT2D eigenvalue weighted by molar-refractivity contribution is 5.95. The number of benzene rings is 1. The van der Waals surface area contributed by atoms with Crippen molar-refractivity contribution in [1.82, 2.24) is 4.90 Å². The van der Waals surface area contributed by atoms with Gasteiger partial charge in [-0.3, -0.25) is 14.5 Å². The molecular formula is C24H32F4N2O3. The summed E-state index contributed by atoms with van der Waals surface area (Å²) in [4.78, 5) is 26.5. The molecule has 1 aliphatic heterocycles. The first-order valence-electron chi connectivity index (χ1n) is 11.5. The number of hydrogen-bond donors (Lipinski definition) is 1. The summed E-state index contributed by atoms with van der Waals surface area (Å²) >= 11 is 0. The summed E-state index contributed by atoms with van der Waals surface area (Å²) in [5.41, 5.74) is 0.625. The van der Waals surface area contributed by atoms with E-state index in [1.54, 1.807) is 18.7 Å². The molecule has 0 unspecified atom stereocenters. The van der Waals surface area contributed by atoms with E-state index in [9.17, 15) is 27.2 Å². The summed E-state index contributed by atoms with van der Waals surface area (Å²) in [5, 5.41) is 2.39. The number of carbonyl (C=O) groups excluding carboxylic acids is 2. The molecule has 1 aromatic carbocycles. The number of esters is 1. The second kappa shape index (κ2) is 9.99. The van der Waals surface area contributed by atoms with Crippen LogP contribution in [0.15, 0.2) is 18.2 Å². The van der Waals surface area contributed by atoms with E-state index in [-0.39, 0.29) is 24.1 Å². The van der Waals surface area contributed by atoms with E-state index in [0.717, 1.165) is 38.7 Å². The van der Waals surface area contributed by atoms with Gasteiger partial charge < -0.3 is 10.1 Å². The number of alkyl halides is 3. The lowest BCUT2D eigenvalue weighted by atomic mass is 9.90. The second-order valence-corrected chi connectivity index (χ2v) is 9.47. The molecule has 0 bridgehead atoms. The van der Waals surface area contributed by atoms with Gasteiger partial charge in [0.2, 0.25) is 5.91 Å². The number of rotatable bonds is 8. The fourth-order valence-electron chi connectivity index (χ4n) is 4.56. The van der Waals surface area contributed by atoms with Crippen molar-refractivity contribution in [2.75, 3.05) is 25.0 Å². The van der Waals surface area contributed by atoms with Crippen LogP contribution in [0, 0.1) is 23.1 Å². The molecule has 1 aromatic rings. The smallest absolute Gasteiger partial charge is 0.393 e. The Morgan fingerprint density at radius 3 is 2.33 bits per heavy atom. The molecule has 1 heterocycles. The van der Waals surface area contributed by atoms with Gasteiger partial charge in [-0.25, -0.2) is 4.39 Å². The van der Waals surface area contributed by atoms with Crippen LogP contribution in [-0.2, 0) is 20.7 Å². The quantitative estimate of drug-likeness (QED) is 0.430. The van der Waals surface area contributed by atoms with Gasteiger partial charge in [-0.05, 0) is 75.2 Å². The third-order valence-corrected chi connectivity index (χ3v) is 6.99. The SMILES string of the molecule is CCOC(=O)[C@@H](C)Cc1ccc(F)c(NC(=O)[C@@H]([C@@H](C)C(F)(F)F)N2CCC3(CC2)CC3)c1. The van der Waals surface area contributed by atoms with E-state index < -0.39 is 41.7 Å². The Hall–Kier alpha value is -2.16. The number of nitrogens with zero attached hydrogens (tertiary/aromatic N) is 1. The van der Waals surface area contributed by atoms with Crippen LogP contribution in [0.1, 0.15) is 52.0 Å². The van der Waals surface area contributed by atoms with Crippen molar-refractivity contribution in [3.8, 4) is 0 Å². The first-order chi connectivity index (χ1) is 15.5. The average Bonchev–Trinajstić information content (AvgIpc) is 3.50. The van der Waals surface area contributed by atoms with E-state index in [0.29, 0.717) is 18.7 Å². The lowest BCUT2D eigenvalue weighted by Crippen LogP contribution is -2.54. The van der Waals surface area contributed by atoms with E-state index in [2.05, 4.69) is 5.32 Å². The van der Waals surface area contributed by atoms with E-state index in [1.165, 1.54) is 12.1 Å². The van der Waals surface area contributed by atoms with Crippen LogP contribution in [0.3, 0.4) is 0 Å². The predicted octanol–water partition coefficient (Wildman–Crippen LogP) is 4.95. The number of amides is 1. The fraction of sp³-hybridized carbons (Fsp3) is 0.667.